The number of hydrogen-bond acceptors (Lipinski definition) is 6. The van der Waals surface area contributed by atoms with Crippen molar-refractivity contribution in [2.45, 2.75) is 13.1 Å². The highest BCUT2D eigenvalue weighted by atomic mass is 19.1. The normalized spacial score (nSPS) is 14.2. The van der Waals surface area contributed by atoms with Crippen LogP contribution in [0.15, 0.2) is 65.6 Å². The van der Waals surface area contributed by atoms with Gasteiger partial charge in [-0.05, 0) is 35.4 Å². The molecule has 0 spiro atoms. The number of nitriles is 1. The second-order valence-corrected chi connectivity index (χ2v) is 8.24. The Morgan fingerprint density at radius 1 is 1.00 bits per heavy atom. The Labute approximate surface area is 195 Å². The summed E-state index contributed by atoms with van der Waals surface area (Å²) < 4.78 is 21.8. The number of halogens is 1. The Balaban J connectivity index is 1.58. The first-order valence-electron chi connectivity index (χ1n) is 11.1. The predicted molar refractivity (Wildman–Crippen MR) is 126 cm³/mol. The predicted octanol–water partition coefficient (Wildman–Crippen LogP) is 3.35. The second-order valence-electron chi connectivity index (χ2n) is 8.24. The summed E-state index contributed by atoms with van der Waals surface area (Å²) in [7, 11) is 0. The van der Waals surface area contributed by atoms with Gasteiger partial charge in [0.05, 0.1) is 42.3 Å². The van der Waals surface area contributed by atoms with Crippen molar-refractivity contribution in [3.05, 3.63) is 93.8 Å². The molecule has 2 aromatic carbocycles. The smallest absolute Gasteiger partial charge is 0.274 e. The number of morpholine rings is 1. The lowest BCUT2D eigenvalue weighted by atomic mass is 10.0. The number of nitrogens with zero attached hydrogens (tertiary/aromatic N) is 5. The van der Waals surface area contributed by atoms with Crippen LogP contribution in [-0.2, 0) is 17.8 Å². The molecule has 7 nitrogen and oxygen atoms in total. The topological polar surface area (TPSA) is 84.0 Å². The molecule has 0 bridgehead atoms. The molecule has 0 radical (unpaired) electrons. The van der Waals surface area contributed by atoms with Gasteiger partial charge in [0.25, 0.3) is 5.56 Å². The molecule has 0 saturated carbocycles. The number of pyridine rings is 1. The van der Waals surface area contributed by atoms with Crippen molar-refractivity contribution in [2.24, 2.45) is 0 Å². The monoisotopic (exact) mass is 455 g/mol. The van der Waals surface area contributed by atoms with E-state index in [0.717, 1.165) is 24.2 Å². The minimum absolute atomic E-state index is 0.199. The third-order valence-electron chi connectivity index (χ3n) is 5.94. The quantitative estimate of drug-likeness (QED) is 0.429. The molecule has 170 valence electrons. The molecule has 3 heterocycles. The van der Waals surface area contributed by atoms with Gasteiger partial charge in [-0.1, -0.05) is 30.3 Å². The first-order valence-corrected chi connectivity index (χ1v) is 11.1. The van der Waals surface area contributed by atoms with E-state index in [2.05, 4.69) is 21.1 Å². The molecule has 5 rings (SSSR count). The van der Waals surface area contributed by atoms with Crippen molar-refractivity contribution in [2.75, 3.05) is 26.3 Å². The standard InChI is InChI=1S/C26H22FN5O2/c27-25-23(13-20(15-29-25)16-31-9-11-34-12-10-31)24-21-3-1-2-4-22(21)26(33)32(30-24)17-19-7-5-18(14-28)6-8-19/h1-8,13,15H,9-12,16-17H2. The lowest BCUT2D eigenvalue weighted by Gasteiger charge is -2.26. The van der Waals surface area contributed by atoms with Gasteiger partial charge in [-0.2, -0.15) is 14.8 Å². The van der Waals surface area contributed by atoms with Gasteiger partial charge in [0, 0.05) is 31.2 Å². The van der Waals surface area contributed by atoms with E-state index in [1.54, 1.807) is 60.8 Å². The SMILES string of the molecule is N#Cc1ccc(Cn2nc(-c3cc(CN4CCOCC4)cnc3F)c3ccccc3c2=O)cc1. The molecule has 0 atom stereocenters. The first kappa shape index (κ1) is 21.9. The second kappa shape index (κ2) is 9.51. The summed E-state index contributed by atoms with van der Waals surface area (Å²) in [6.45, 7) is 3.80. The highest BCUT2D eigenvalue weighted by molar-refractivity contribution is 5.93. The minimum atomic E-state index is -0.632. The maximum Gasteiger partial charge on any atom is 0.274 e. The van der Waals surface area contributed by atoms with Crippen molar-refractivity contribution >= 4 is 10.8 Å². The fourth-order valence-electron chi connectivity index (χ4n) is 4.16. The Morgan fingerprint density at radius 2 is 1.74 bits per heavy atom. The van der Waals surface area contributed by atoms with Crippen LogP contribution in [0.1, 0.15) is 16.7 Å². The Morgan fingerprint density at radius 3 is 2.47 bits per heavy atom. The summed E-state index contributed by atoms with van der Waals surface area (Å²) in [5, 5.41) is 14.6. The van der Waals surface area contributed by atoms with E-state index in [-0.39, 0.29) is 17.7 Å². The van der Waals surface area contributed by atoms with Gasteiger partial charge in [-0.15, -0.1) is 0 Å². The van der Waals surface area contributed by atoms with Crippen LogP contribution in [0.3, 0.4) is 0 Å². The van der Waals surface area contributed by atoms with E-state index in [0.29, 0.717) is 41.8 Å². The number of rotatable bonds is 5. The molecule has 1 aliphatic heterocycles. The fraction of sp³-hybridized carbons (Fsp3) is 0.231. The summed E-state index contributed by atoms with van der Waals surface area (Å²) in [5.74, 6) is -0.632. The van der Waals surface area contributed by atoms with Crippen molar-refractivity contribution in [1.29, 1.82) is 5.26 Å². The van der Waals surface area contributed by atoms with Gasteiger partial charge in [0.1, 0.15) is 5.69 Å². The van der Waals surface area contributed by atoms with E-state index < -0.39 is 5.95 Å². The van der Waals surface area contributed by atoms with E-state index in [4.69, 9.17) is 10.00 Å². The van der Waals surface area contributed by atoms with Gasteiger partial charge in [0.15, 0.2) is 0 Å². The van der Waals surface area contributed by atoms with Crippen molar-refractivity contribution in [3.8, 4) is 17.3 Å². The van der Waals surface area contributed by atoms with Crippen LogP contribution < -0.4 is 5.56 Å². The summed E-state index contributed by atoms with van der Waals surface area (Å²) in [6.07, 6.45) is 1.54. The zero-order chi connectivity index (χ0) is 23.5. The molecule has 0 aliphatic carbocycles. The number of ether oxygens (including phenoxy) is 1. The summed E-state index contributed by atoms with van der Waals surface area (Å²) >= 11 is 0. The Bertz CT molecular complexity index is 1440. The number of benzene rings is 2. The fourth-order valence-corrected chi connectivity index (χ4v) is 4.16. The molecule has 2 aromatic heterocycles. The van der Waals surface area contributed by atoms with Gasteiger partial charge < -0.3 is 4.74 Å². The average Bonchev–Trinajstić information content (AvgIpc) is 2.88. The number of aromatic nitrogens is 3. The molecule has 0 unspecified atom stereocenters. The molecular weight excluding hydrogens is 433 g/mol. The molecule has 8 heteroatoms. The van der Waals surface area contributed by atoms with Gasteiger partial charge >= 0.3 is 0 Å². The number of fused-ring (bicyclic) bond motifs is 1. The van der Waals surface area contributed by atoms with E-state index in [9.17, 15) is 4.79 Å². The van der Waals surface area contributed by atoms with Crippen LogP contribution >= 0.6 is 0 Å². The zero-order valence-electron chi connectivity index (χ0n) is 18.4. The molecule has 1 aliphatic rings. The van der Waals surface area contributed by atoms with E-state index in [1.807, 2.05) is 0 Å². The Hall–Kier alpha value is -3.93. The molecule has 1 saturated heterocycles. The molecule has 34 heavy (non-hydrogen) atoms. The summed E-state index contributed by atoms with van der Waals surface area (Å²) in [5.41, 5.74) is 2.59. The van der Waals surface area contributed by atoms with Gasteiger partial charge in [-0.25, -0.2) is 9.67 Å². The van der Waals surface area contributed by atoms with Crippen LogP contribution in [0, 0.1) is 17.3 Å². The zero-order valence-corrected chi connectivity index (χ0v) is 18.4. The van der Waals surface area contributed by atoms with Gasteiger partial charge in [0.2, 0.25) is 5.95 Å². The van der Waals surface area contributed by atoms with Gasteiger partial charge in [-0.3, -0.25) is 9.69 Å². The summed E-state index contributed by atoms with van der Waals surface area (Å²) in [4.78, 5) is 19.4. The lowest BCUT2D eigenvalue weighted by Crippen LogP contribution is -2.35. The molecule has 1 fully saturated rings. The van der Waals surface area contributed by atoms with Crippen molar-refractivity contribution < 1.29 is 9.13 Å². The Kier molecular flexibility index (Phi) is 6.12. The molecule has 0 N–H and O–H groups in total. The highest BCUT2D eigenvalue weighted by Crippen LogP contribution is 2.27. The maximum absolute atomic E-state index is 15.0. The maximum atomic E-state index is 15.0. The molecule has 0 amide bonds. The van der Waals surface area contributed by atoms with Crippen LogP contribution in [0.4, 0.5) is 4.39 Å². The third-order valence-corrected chi connectivity index (χ3v) is 5.94. The van der Waals surface area contributed by atoms with Crippen LogP contribution in [0.5, 0.6) is 0 Å². The van der Waals surface area contributed by atoms with Crippen LogP contribution in [0.2, 0.25) is 0 Å². The van der Waals surface area contributed by atoms with Crippen LogP contribution in [-0.4, -0.2) is 46.0 Å². The van der Waals surface area contributed by atoms with Crippen LogP contribution in [0.25, 0.3) is 22.0 Å². The van der Waals surface area contributed by atoms with E-state index >= 15 is 4.39 Å². The third kappa shape index (κ3) is 4.44. The summed E-state index contributed by atoms with van der Waals surface area (Å²) in [6, 6.07) is 17.9. The first-order chi connectivity index (χ1) is 16.6. The molecule has 4 aromatic rings. The minimum Gasteiger partial charge on any atom is -0.379 e. The number of hydrogen-bond donors (Lipinski definition) is 0. The average molecular weight is 455 g/mol. The molecular formula is C26H22FN5O2. The largest absolute Gasteiger partial charge is 0.379 e. The van der Waals surface area contributed by atoms with Crippen molar-refractivity contribution in [1.82, 2.24) is 19.7 Å². The van der Waals surface area contributed by atoms with E-state index in [1.165, 1.54) is 4.68 Å². The van der Waals surface area contributed by atoms with Crippen molar-refractivity contribution in [3.63, 3.8) is 0 Å². The lowest BCUT2D eigenvalue weighted by molar-refractivity contribution is 0.0341. The highest BCUT2D eigenvalue weighted by Gasteiger charge is 2.18.